The third-order valence-corrected chi connectivity index (χ3v) is 3.73. The van der Waals surface area contributed by atoms with Crippen LogP contribution in [-0.4, -0.2) is 0 Å². The van der Waals surface area contributed by atoms with Crippen LogP contribution in [-0.2, 0) is 6.42 Å². The molecule has 0 N–H and O–H groups in total. The first-order chi connectivity index (χ1) is 12.8. The molecule has 0 spiro atoms. The molecular formula is C27H42. The fraction of sp³-hybridized carbons (Fsp3) is 0.407. The third kappa shape index (κ3) is 11.3. The molecule has 0 fully saturated rings. The number of aryl methyl sites for hydroxylation is 4. The second kappa shape index (κ2) is 16.1. The molecule has 0 amide bonds. The van der Waals surface area contributed by atoms with E-state index in [4.69, 9.17) is 0 Å². The zero-order valence-corrected chi connectivity index (χ0v) is 19.4. The molecule has 0 unspecified atom stereocenters. The third-order valence-electron chi connectivity index (χ3n) is 3.73. The van der Waals surface area contributed by atoms with Gasteiger partial charge in [-0.2, -0.15) is 0 Å². The van der Waals surface area contributed by atoms with E-state index in [1.807, 2.05) is 19.9 Å². The molecule has 150 valence electrons. The Morgan fingerprint density at radius 1 is 0.889 bits per heavy atom. The van der Waals surface area contributed by atoms with Gasteiger partial charge in [0.2, 0.25) is 0 Å². The van der Waals surface area contributed by atoms with Gasteiger partial charge in [0.1, 0.15) is 0 Å². The molecule has 0 saturated heterocycles. The standard InChI is InChI=1S/C12H16.C10H12.C3H8.C2H6/c1-8(2)12-10(4)6-9(3)7-11(12)5;1-3-9-5-7-10(4-2)8-6-9;1-3-2;1-2/h6-7H,1H2,2-5H3;3,5-8H,1,4H2,2H3;3H2,1-2H3;1-2H3. The molecule has 2 rings (SSSR count). The van der Waals surface area contributed by atoms with E-state index in [2.05, 4.69) is 98.0 Å². The minimum absolute atomic E-state index is 1.11. The summed E-state index contributed by atoms with van der Waals surface area (Å²) in [5.41, 5.74) is 9.04. The zero-order valence-electron chi connectivity index (χ0n) is 19.4. The predicted molar refractivity (Wildman–Crippen MR) is 129 cm³/mol. The first-order valence-electron chi connectivity index (χ1n) is 10.3. The summed E-state index contributed by atoms with van der Waals surface area (Å²) in [6.45, 7) is 26.5. The second-order valence-electron chi connectivity index (χ2n) is 6.56. The molecule has 2 aromatic carbocycles. The molecule has 0 heteroatoms. The maximum absolute atomic E-state index is 3.98. The smallest absolute Gasteiger partial charge is 0.0174 e. The Morgan fingerprint density at radius 2 is 1.30 bits per heavy atom. The lowest BCUT2D eigenvalue weighted by atomic mass is 9.95. The SMILES string of the molecule is C=C(C)c1c(C)cc(C)cc1C.C=Cc1ccc(CC)cc1.CC.CCC. The highest BCUT2D eigenvalue weighted by atomic mass is 14.1. The summed E-state index contributed by atoms with van der Waals surface area (Å²) in [5.74, 6) is 0. The van der Waals surface area contributed by atoms with Crippen LogP contribution >= 0.6 is 0 Å². The zero-order chi connectivity index (χ0) is 21.4. The molecule has 0 aliphatic heterocycles. The van der Waals surface area contributed by atoms with Gasteiger partial charge in [0.05, 0.1) is 0 Å². The van der Waals surface area contributed by atoms with Gasteiger partial charge >= 0.3 is 0 Å². The largest absolute Gasteiger partial charge is 0.0985 e. The highest BCUT2D eigenvalue weighted by molar-refractivity contribution is 5.67. The van der Waals surface area contributed by atoms with Gasteiger partial charge in [0.15, 0.2) is 0 Å². The highest BCUT2D eigenvalue weighted by Gasteiger charge is 2.02. The van der Waals surface area contributed by atoms with Crippen molar-refractivity contribution in [2.24, 2.45) is 0 Å². The summed E-state index contributed by atoms with van der Waals surface area (Å²) in [6.07, 6.45) is 4.22. The number of benzene rings is 2. The first kappa shape index (κ1) is 27.1. The van der Waals surface area contributed by atoms with Crippen LogP contribution in [0.4, 0.5) is 0 Å². The Labute approximate surface area is 170 Å². The molecule has 0 aliphatic carbocycles. The van der Waals surface area contributed by atoms with E-state index in [-0.39, 0.29) is 0 Å². The molecule has 0 radical (unpaired) electrons. The molecule has 0 bridgehead atoms. The number of hydrogen-bond acceptors (Lipinski definition) is 0. The summed E-state index contributed by atoms with van der Waals surface area (Å²) in [4.78, 5) is 0. The Balaban J connectivity index is 0. The monoisotopic (exact) mass is 366 g/mol. The minimum Gasteiger partial charge on any atom is -0.0985 e. The van der Waals surface area contributed by atoms with E-state index in [0.29, 0.717) is 0 Å². The van der Waals surface area contributed by atoms with Gasteiger partial charge < -0.3 is 0 Å². The Morgan fingerprint density at radius 3 is 1.59 bits per heavy atom. The van der Waals surface area contributed by atoms with Gasteiger partial charge in [-0.1, -0.05) is 108 Å². The molecule has 0 atom stereocenters. The quantitative estimate of drug-likeness (QED) is 0.508. The lowest BCUT2D eigenvalue weighted by molar-refractivity contribution is 1.09. The maximum atomic E-state index is 3.98. The van der Waals surface area contributed by atoms with Crippen molar-refractivity contribution in [2.75, 3.05) is 0 Å². The molecule has 0 heterocycles. The van der Waals surface area contributed by atoms with Crippen LogP contribution in [0.2, 0.25) is 0 Å². The Hall–Kier alpha value is -2.08. The Bertz CT molecular complexity index is 634. The number of allylic oxidation sites excluding steroid dienone is 1. The average Bonchev–Trinajstić information content (AvgIpc) is 2.63. The summed E-state index contributed by atoms with van der Waals surface area (Å²) in [6, 6.07) is 12.9. The minimum atomic E-state index is 1.11. The molecule has 2 aromatic rings. The van der Waals surface area contributed by atoms with Crippen molar-refractivity contribution in [1.29, 1.82) is 0 Å². The van der Waals surface area contributed by atoms with Crippen molar-refractivity contribution in [2.45, 2.75) is 75.2 Å². The van der Waals surface area contributed by atoms with Crippen molar-refractivity contribution in [1.82, 2.24) is 0 Å². The first-order valence-corrected chi connectivity index (χ1v) is 10.3. The summed E-state index contributed by atoms with van der Waals surface area (Å²) in [7, 11) is 0. The molecule has 0 aliphatic rings. The molecule has 0 nitrogen and oxygen atoms in total. The van der Waals surface area contributed by atoms with Crippen LogP contribution in [0.25, 0.3) is 11.6 Å². The summed E-state index contributed by atoms with van der Waals surface area (Å²) in [5, 5.41) is 0. The second-order valence-corrected chi connectivity index (χ2v) is 6.56. The predicted octanol–water partition coefficient (Wildman–Crippen LogP) is 8.98. The van der Waals surface area contributed by atoms with Gasteiger partial charge in [0, 0.05) is 0 Å². The molecule has 27 heavy (non-hydrogen) atoms. The van der Waals surface area contributed by atoms with Crippen LogP contribution in [0, 0.1) is 20.8 Å². The van der Waals surface area contributed by atoms with Gasteiger partial charge in [0.25, 0.3) is 0 Å². The van der Waals surface area contributed by atoms with E-state index in [1.54, 1.807) is 0 Å². The summed E-state index contributed by atoms with van der Waals surface area (Å²) >= 11 is 0. The molecule has 0 saturated carbocycles. The van der Waals surface area contributed by atoms with Crippen molar-refractivity contribution >= 4 is 11.6 Å². The van der Waals surface area contributed by atoms with E-state index in [0.717, 1.165) is 12.0 Å². The van der Waals surface area contributed by atoms with Crippen LogP contribution in [0.5, 0.6) is 0 Å². The van der Waals surface area contributed by atoms with Gasteiger partial charge in [-0.3, -0.25) is 0 Å². The molecule has 0 aromatic heterocycles. The van der Waals surface area contributed by atoms with Crippen molar-refractivity contribution in [3.63, 3.8) is 0 Å². The van der Waals surface area contributed by atoms with Gasteiger partial charge in [-0.25, -0.2) is 0 Å². The van der Waals surface area contributed by atoms with E-state index < -0.39 is 0 Å². The molecular weight excluding hydrogens is 324 g/mol. The normalized spacial score (nSPS) is 8.78. The topological polar surface area (TPSA) is 0 Å². The van der Waals surface area contributed by atoms with E-state index in [9.17, 15) is 0 Å². The highest BCUT2D eigenvalue weighted by Crippen LogP contribution is 2.22. The summed E-state index contributed by atoms with van der Waals surface area (Å²) < 4.78 is 0. The lowest BCUT2D eigenvalue weighted by Crippen LogP contribution is -1.91. The maximum Gasteiger partial charge on any atom is -0.0174 e. The lowest BCUT2D eigenvalue weighted by Gasteiger charge is -2.10. The Kier molecular flexibility index (Phi) is 16.2. The van der Waals surface area contributed by atoms with E-state index >= 15 is 0 Å². The van der Waals surface area contributed by atoms with Crippen molar-refractivity contribution in [3.05, 3.63) is 82.9 Å². The fourth-order valence-electron chi connectivity index (χ4n) is 2.74. The van der Waals surface area contributed by atoms with Gasteiger partial charge in [-0.15, -0.1) is 0 Å². The van der Waals surface area contributed by atoms with Crippen molar-refractivity contribution < 1.29 is 0 Å². The fourth-order valence-corrected chi connectivity index (χ4v) is 2.74. The van der Waals surface area contributed by atoms with E-state index in [1.165, 1.54) is 39.8 Å². The van der Waals surface area contributed by atoms with Gasteiger partial charge in [-0.05, 0) is 61.9 Å². The van der Waals surface area contributed by atoms with Crippen LogP contribution in [0.3, 0.4) is 0 Å². The van der Waals surface area contributed by atoms with Crippen LogP contribution < -0.4 is 0 Å². The number of rotatable bonds is 3. The average molecular weight is 367 g/mol. The number of hydrogen-bond donors (Lipinski definition) is 0. The van der Waals surface area contributed by atoms with Crippen LogP contribution in [0.15, 0.2) is 49.6 Å². The van der Waals surface area contributed by atoms with Crippen molar-refractivity contribution in [3.8, 4) is 0 Å². The van der Waals surface area contributed by atoms with Crippen LogP contribution in [0.1, 0.15) is 81.3 Å².